The van der Waals surface area contributed by atoms with Crippen molar-refractivity contribution in [3.63, 3.8) is 0 Å². The molecule has 0 radical (unpaired) electrons. The Morgan fingerprint density at radius 2 is 0.960 bits per heavy atom. The predicted octanol–water partition coefficient (Wildman–Crippen LogP) is 12.5. The van der Waals surface area contributed by atoms with E-state index in [4.69, 9.17) is 9.47 Å². The molecule has 0 spiro atoms. The minimum atomic E-state index is -0.0491. The first-order chi connectivity index (χ1) is 49.7. The highest BCUT2D eigenvalue weighted by Crippen LogP contribution is 2.35. The number of carbonyl (C=O) groups excluding carboxylic acids is 2. The Hall–Kier alpha value is -11.3. The van der Waals surface area contributed by atoms with Gasteiger partial charge in [0.05, 0.1) is 48.4 Å². The Kier molecular flexibility index (Phi) is 19.5. The summed E-state index contributed by atoms with van der Waals surface area (Å²) >= 11 is 0. The first-order valence-corrected chi connectivity index (χ1v) is 35.1. The molecule has 17 rings (SSSR count). The lowest BCUT2D eigenvalue weighted by molar-refractivity contribution is 0.0946. The SMILES string of the molecule is CCN1CCN(c2ccc(Nc3ccc(-c4ccnc(OC)c4)n4ccnc34)cc2)CC1.COc1cc(-c2ccc(Nc3ccc(N4CCN(C5CC5)CC4)cc3)c3nccn23)ccn1.O=C(NCCN1CCCC1)c1ccc(Nc2ccc(-c3ccc4c(c3)CNC4=O)n3ccnc23)cc1. The molecule has 4 aromatic carbocycles. The number of benzene rings is 4. The summed E-state index contributed by atoms with van der Waals surface area (Å²) in [6.45, 7) is 16.7. The molecule has 12 aromatic rings. The summed E-state index contributed by atoms with van der Waals surface area (Å²) in [6, 6.07) is 51.9. The average molecular weight is 1350 g/mol. The van der Waals surface area contributed by atoms with Crippen LogP contribution < -0.4 is 45.9 Å². The van der Waals surface area contributed by atoms with Gasteiger partial charge in [0.15, 0.2) is 16.9 Å². The number of carbonyl (C=O) groups is 2. The Morgan fingerprint density at radius 3 is 1.43 bits per heavy atom. The fraction of sp³-hybridized carbons (Fsp3) is 0.278. The second-order valence-corrected chi connectivity index (χ2v) is 26.0. The number of rotatable bonds is 19. The number of anilines is 8. The molecule has 1 saturated carbocycles. The average Bonchev–Trinajstić information content (AvgIpc) is 1.70. The van der Waals surface area contributed by atoms with E-state index >= 15 is 0 Å². The van der Waals surface area contributed by atoms with E-state index in [0.717, 1.165) is 167 Å². The maximum Gasteiger partial charge on any atom is 0.251 e. The fourth-order valence-corrected chi connectivity index (χ4v) is 14.0. The molecule has 8 aromatic heterocycles. The lowest BCUT2D eigenvalue weighted by Gasteiger charge is -2.36. The van der Waals surface area contributed by atoms with Gasteiger partial charge in [0.2, 0.25) is 11.8 Å². The van der Waals surface area contributed by atoms with Crippen LogP contribution in [0.1, 0.15) is 58.9 Å². The van der Waals surface area contributed by atoms with E-state index < -0.39 is 0 Å². The van der Waals surface area contributed by atoms with Gasteiger partial charge in [0.25, 0.3) is 11.8 Å². The number of nitrogens with zero attached hydrogens (tertiary/aromatic N) is 13. The topological polar surface area (TPSA) is 207 Å². The number of hydrogen-bond acceptors (Lipinski definition) is 17. The first-order valence-electron chi connectivity index (χ1n) is 35.1. The normalized spacial score (nSPS) is 15.5. The molecule has 3 saturated heterocycles. The number of likely N-dealkylation sites (tertiary alicyclic amines) is 1. The number of amides is 2. The standard InChI is InChI=1S/C28H28N6O2.C26H28N6O.C25H28N6O/c35-27(30-11-15-33-13-1-2-14-33)19-3-6-22(7-4-19)32-24-9-10-25(34-16-12-29-26(24)34)20-5-8-23-21(17-20)18-31-28(23)36;1-33-25-18-19(10-11-27-25)24-9-8-23(26-28-12-13-32(24)26)29-20-2-4-21(5-3-20)30-14-16-31(17-15-30)22-6-7-22;1-3-29-14-16-30(17-15-29)21-6-4-20(5-7-21)28-22-8-9-23(31-13-12-27-25(22)31)19-10-11-26-24(18-19)32-2/h3-10,12,16-17,32H,1-2,11,13-15,18H2,(H,30,35)(H,31,36);2-5,8-13,18,22,29H,6-7,14-17H2,1H3;4-13,18,28H,3,14-17H2,1-2H3. The summed E-state index contributed by atoms with van der Waals surface area (Å²) in [4.78, 5) is 59.1. The zero-order chi connectivity index (χ0) is 68.6. The molecular weight excluding hydrogens is 1260 g/mol. The summed E-state index contributed by atoms with van der Waals surface area (Å²) in [5.41, 5.74) is 19.4. The molecule has 22 heteroatoms. The molecule has 101 heavy (non-hydrogen) atoms. The van der Waals surface area contributed by atoms with Crippen LogP contribution in [0.3, 0.4) is 0 Å². The molecule has 514 valence electrons. The molecule has 2 amide bonds. The van der Waals surface area contributed by atoms with E-state index in [2.05, 4.69) is 171 Å². The minimum Gasteiger partial charge on any atom is -0.481 e. The van der Waals surface area contributed by atoms with Gasteiger partial charge in [0, 0.05) is 190 Å². The Bertz CT molecular complexity index is 4850. The van der Waals surface area contributed by atoms with Crippen molar-refractivity contribution >= 4 is 74.3 Å². The Labute approximate surface area is 587 Å². The quantitative estimate of drug-likeness (QED) is 0.0510. The molecule has 4 aliphatic heterocycles. The number of methoxy groups -OCH3 is 2. The number of hydrogen-bond donors (Lipinski definition) is 5. The minimum absolute atomic E-state index is 0.0190. The molecule has 1 aliphatic carbocycles. The van der Waals surface area contributed by atoms with Crippen molar-refractivity contribution in [2.45, 2.75) is 45.2 Å². The smallest absolute Gasteiger partial charge is 0.251 e. The zero-order valence-corrected chi connectivity index (χ0v) is 57.3. The van der Waals surface area contributed by atoms with Crippen LogP contribution in [0, 0.1) is 0 Å². The van der Waals surface area contributed by atoms with Gasteiger partial charge < -0.3 is 55.7 Å². The van der Waals surface area contributed by atoms with Crippen molar-refractivity contribution in [2.75, 3.05) is 125 Å². The largest absolute Gasteiger partial charge is 0.481 e. The van der Waals surface area contributed by atoms with E-state index in [1.165, 1.54) is 50.1 Å². The first kappa shape index (κ1) is 65.6. The van der Waals surface area contributed by atoms with Crippen molar-refractivity contribution in [3.8, 4) is 45.5 Å². The van der Waals surface area contributed by atoms with Crippen molar-refractivity contribution in [1.82, 2.24) is 63.5 Å². The van der Waals surface area contributed by atoms with Gasteiger partial charge in [0.1, 0.15) is 0 Å². The van der Waals surface area contributed by atoms with E-state index in [1.807, 2.05) is 108 Å². The van der Waals surface area contributed by atoms with Gasteiger partial charge in [-0.2, -0.15) is 0 Å². The monoisotopic (exact) mass is 1350 g/mol. The van der Waals surface area contributed by atoms with Crippen molar-refractivity contribution in [1.29, 1.82) is 0 Å². The number of nitrogens with one attached hydrogen (secondary N) is 5. The number of likely N-dealkylation sites (N-methyl/N-ethyl adjacent to an activating group) is 1. The van der Waals surface area contributed by atoms with Crippen LogP contribution in [0.5, 0.6) is 11.8 Å². The van der Waals surface area contributed by atoms with Crippen LogP contribution in [0.15, 0.2) is 201 Å². The van der Waals surface area contributed by atoms with Crippen molar-refractivity contribution in [3.05, 3.63) is 218 Å². The molecule has 0 atom stereocenters. The van der Waals surface area contributed by atoms with Crippen LogP contribution in [0.25, 0.3) is 50.7 Å². The van der Waals surface area contributed by atoms with Gasteiger partial charge in [-0.3, -0.25) is 27.7 Å². The third-order valence-corrected chi connectivity index (χ3v) is 19.8. The maximum absolute atomic E-state index is 12.5. The second-order valence-electron chi connectivity index (χ2n) is 26.0. The van der Waals surface area contributed by atoms with Gasteiger partial charge in [-0.15, -0.1) is 0 Å². The van der Waals surface area contributed by atoms with E-state index in [0.29, 0.717) is 30.4 Å². The van der Waals surface area contributed by atoms with Crippen LogP contribution in [0.2, 0.25) is 0 Å². The zero-order valence-electron chi connectivity index (χ0n) is 57.3. The van der Waals surface area contributed by atoms with Gasteiger partial charge in [-0.25, -0.2) is 24.9 Å². The van der Waals surface area contributed by atoms with Crippen molar-refractivity contribution in [2.24, 2.45) is 0 Å². The molecular formula is C79H84N18O4. The summed E-state index contributed by atoms with van der Waals surface area (Å²) in [6.07, 6.45) is 20.1. The fourth-order valence-electron chi connectivity index (χ4n) is 14.0. The lowest BCUT2D eigenvalue weighted by atomic mass is 10.0. The molecule has 5 N–H and O–H groups in total. The highest BCUT2D eigenvalue weighted by molar-refractivity contribution is 5.99. The highest BCUT2D eigenvalue weighted by Gasteiger charge is 2.31. The van der Waals surface area contributed by atoms with Crippen LogP contribution in [0.4, 0.5) is 45.5 Å². The van der Waals surface area contributed by atoms with Crippen molar-refractivity contribution < 1.29 is 19.1 Å². The third kappa shape index (κ3) is 14.9. The Balaban J connectivity index is 0.000000123. The van der Waals surface area contributed by atoms with E-state index in [1.54, 1.807) is 32.8 Å². The molecule has 0 bridgehead atoms. The number of aromatic nitrogens is 8. The molecule has 4 fully saturated rings. The third-order valence-electron chi connectivity index (χ3n) is 19.8. The van der Waals surface area contributed by atoms with E-state index in [9.17, 15) is 9.59 Å². The van der Waals surface area contributed by atoms with Crippen LogP contribution in [-0.2, 0) is 6.54 Å². The summed E-state index contributed by atoms with van der Waals surface area (Å²) in [7, 11) is 3.26. The van der Waals surface area contributed by atoms with Crippen LogP contribution in [-0.4, -0.2) is 170 Å². The lowest BCUT2D eigenvalue weighted by Crippen LogP contribution is -2.47. The molecule has 5 aliphatic rings. The number of fused-ring (bicyclic) bond motifs is 4. The molecule has 12 heterocycles. The van der Waals surface area contributed by atoms with Crippen LogP contribution >= 0.6 is 0 Å². The summed E-state index contributed by atoms with van der Waals surface area (Å²) < 4.78 is 16.8. The predicted molar refractivity (Wildman–Crippen MR) is 400 cm³/mol. The molecule has 0 unspecified atom stereocenters. The highest BCUT2D eigenvalue weighted by atomic mass is 16.5. The summed E-state index contributed by atoms with van der Waals surface area (Å²) in [5, 5.41) is 16.4. The Morgan fingerprint density at radius 1 is 0.495 bits per heavy atom. The van der Waals surface area contributed by atoms with E-state index in [-0.39, 0.29) is 11.8 Å². The second kappa shape index (κ2) is 30.0. The molecule has 22 nitrogen and oxygen atoms in total. The van der Waals surface area contributed by atoms with Gasteiger partial charge in [-0.1, -0.05) is 13.0 Å². The number of imidazole rings is 3. The summed E-state index contributed by atoms with van der Waals surface area (Å²) in [5.74, 6) is 1.12. The van der Waals surface area contributed by atoms with Gasteiger partial charge in [-0.05, 0) is 190 Å². The number of ether oxygens (including phenoxy) is 2. The number of piperazine rings is 2. The maximum atomic E-state index is 12.5. The van der Waals surface area contributed by atoms with Gasteiger partial charge >= 0.3 is 0 Å². The number of pyridine rings is 5.